The largest absolute Gasteiger partial charge is 0.309 e. The zero-order chi connectivity index (χ0) is 12.5. The predicted molar refractivity (Wildman–Crippen MR) is 73.3 cm³/mol. The highest BCUT2D eigenvalue weighted by molar-refractivity contribution is 5.17. The summed E-state index contributed by atoms with van der Waals surface area (Å²) in [6.07, 6.45) is 7.50. The molecular weight excluding hydrogens is 222 g/mol. The van der Waals surface area contributed by atoms with Crippen LogP contribution in [0.5, 0.6) is 0 Å². The Hall–Kier alpha value is -0.830. The second kappa shape index (κ2) is 5.04. The monoisotopic (exact) mass is 247 g/mol. The lowest BCUT2D eigenvalue weighted by atomic mass is 10.0. The molecule has 100 valence electrons. The van der Waals surface area contributed by atoms with Crippen molar-refractivity contribution in [1.29, 1.82) is 0 Å². The van der Waals surface area contributed by atoms with E-state index >= 15 is 0 Å². The van der Waals surface area contributed by atoms with E-state index < -0.39 is 0 Å². The Balaban J connectivity index is 1.78. The lowest BCUT2D eigenvalue weighted by Crippen LogP contribution is -2.27. The van der Waals surface area contributed by atoms with Crippen LogP contribution in [0.2, 0.25) is 0 Å². The molecule has 1 N–H and O–H groups in total. The molecule has 3 atom stereocenters. The Morgan fingerprint density at radius 2 is 2.17 bits per heavy atom. The minimum absolute atomic E-state index is 0.541. The molecule has 3 rings (SSSR count). The van der Waals surface area contributed by atoms with Gasteiger partial charge in [-0.05, 0) is 49.6 Å². The van der Waals surface area contributed by atoms with E-state index in [9.17, 15) is 0 Å². The molecule has 0 spiro atoms. The van der Waals surface area contributed by atoms with Crippen molar-refractivity contribution in [3.8, 4) is 0 Å². The average molecular weight is 247 g/mol. The van der Waals surface area contributed by atoms with Crippen molar-refractivity contribution in [2.24, 2.45) is 17.8 Å². The third-order valence-electron chi connectivity index (χ3n) is 4.79. The van der Waals surface area contributed by atoms with Crippen molar-refractivity contribution in [2.75, 3.05) is 6.54 Å². The Kier molecular flexibility index (Phi) is 3.42. The van der Waals surface area contributed by atoms with Crippen LogP contribution in [0.25, 0.3) is 0 Å². The zero-order valence-corrected chi connectivity index (χ0v) is 11.6. The minimum Gasteiger partial charge on any atom is -0.309 e. The summed E-state index contributed by atoms with van der Waals surface area (Å²) in [7, 11) is 0. The van der Waals surface area contributed by atoms with Gasteiger partial charge in [-0.2, -0.15) is 5.10 Å². The fourth-order valence-corrected chi connectivity index (χ4v) is 4.03. The topological polar surface area (TPSA) is 29.9 Å². The molecule has 18 heavy (non-hydrogen) atoms. The summed E-state index contributed by atoms with van der Waals surface area (Å²) in [5.74, 6) is 2.88. The van der Waals surface area contributed by atoms with Crippen molar-refractivity contribution in [3.63, 3.8) is 0 Å². The van der Waals surface area contributed by atoms with E-state index in [-0.39, 0.29) is 0 Å². The highest BCUT2D eigenvalue weighted by Gasteiger charge is 2.56. The Bertz CT molecular complexity index is 388. The van der Waals surface area contributed by atoms with E-state index in [1.54, 1.807) is 0 Å². The van der Waals surface area contributed by atoms with Crippen LogP contribution in [-0.2, 0) is 6.54 Å². The quantitative estimate of drug-likeness (QED) is 0.837. The van der Waals surface area contributed by atoms with Crippen molar-refractivity contribution in [1.82, 2.24) is 15.1 Å². The van der Waals surface area contributed by atoms with Gasteiger partial charge >= 0.3 is 0 Å². The molecule has 0 saturated heterocycles. The molecule has 2 aliphatic carbocycles. The van der Waals surface area contributed by atoms with E-state index in [0.717, 1.165) is 37.3 Å². The number of rotatable bonds is 6. The number of hydrogen-bond acceptors (Lipinski definition) is 2. The molecule has 3 unspecified atom stereocenters. The smallest absolute Gasteiger partial charge is 0.0556 e. The maximum Gasteiger partial charge on any atom is 0.0556 e. The van der Waals surface area contributed by atoms with Crippen LogP contribution in [0, 0.1) is 17.8 Å². The normalized spacial score (nSPS) is 31.3. The molecule has 1 aromatic rings. The Morgan fingerprint density at radius 1 is 1.39 bits per heavy atom. The van der Waals surface area contributed by atoms with Gasteiger partial charge in [-0.15, -0.1) is 0 Å². The first kappa shape index (κ1) is 12.2. The Labute approximate surface area is 110 Å². The number of nitrogens with zero attached hydrogens (tertiary/aromatic N) is 2. The summed E-state index contributed by atoms with van der Waals surface area (Å²) in [5.41, 5.74) is 1.41. The number of fused-ring (bicyclic) bond motifs is 1. The van der Waals surface area contributed by atoms with Crippen LogP contribution in [0.4, 0.5) is 0 Å². The van der Waals surface area contributed by atoms with Gasteiger partial charge in [0.05, 0.1) is 11.7 Å². The molecule has 1 heterocycles. The first-order valence-electron chi connectivity index (χ1n) is 7.61. The summed E-state index contributed by atoms with van der Waals surface area (Å²) in [6.45, 7) is 6.54. The van der Waals surface area contributed by atoms with Crippen molar-refractivity contribution < 1.29 is 0 Å². The van der Waals surface area contributed by atoms with Crippen molar-refractivity contribution >= 4 is 0 Å². The van der Waals surface area contributed by atoms with Gasteiger partial charge in [0.25, 0.3) is 0 Å². The lowest BCUT2D eigenvalue weighted by molar-refractivity contribution is 0.394. The molecule has 3 nitrogen and oxygen atoms in total. The molecule has 0 bridgehead atoms. The summed E-state index contributed by atoms with van der Waals surface area (Å²) in [6, 6.07) is 2.76. The maximum absolute atomic E-state index is 4.49. The van der Waals surface area contributed by atoms with Crippen LogP contribution < -0.4 is 5.32 Å². The van der Waals surface area contributed by atoms with E-state index in [4.69, 9.17) is 0 Å². The SMILES string of the molecule is CCCn1nccc1C(NCC)C1C2CCCC21. The van der Waals surface area contributed by atoms with Gasteiger partial charge in [-0.3, -0.25) is 4.68 Å². The van der Waals surface area contributed by atoms with Crippen LogP contribution in [0.15, 0.2) is 12.3 Å². The van der Waals surface area contributed by atoms with Crippen LogP contribution in [0.1, 0.15) is 51.3 Å². The summed E-state index contributed by atoms with van der Waals surface area (Å²) in [5, 5.41) is 8.20. The van der Waals surface area contributed by atoms with E-state index in [0.29, 0.717) is 6.04 Å². The van der Waals surface area contributed by atoms with Crippen LogP contribution in [0.3, 0.4) is 0 Å². The van der Waals surface area contributed by atoms with E-state index in [2.05, 4.69) is 35.0 Å². The first-order valence-corrected chi connectivity index (χ1v) is 7.61. The second-order valence-corrected chi connectivity index (χ2v) is 5.85. The molecule has 1 aromatic heterocycles. The summed E-state index contributed by atoms with van der Waals surface area (Å²) in [4.78, 5) is 0. The summed E-state index contributed by atoms with van der Waals surface area (Å²) < 4.78 is 2.21. The fourth-order valence-electron chi connectivity index (χ4n) is 4.03. The predicted octanol–water partition coefficient (Wildman–Crippen LogP) is 2.99. The first-order chi connectivity index (χ1) is 8.86. The van der Waals surface area contributed by atoms with Gasteiger partial charge in [0.2, 0.25) is 0 Å². The van der Waals surface area contributed by atoms with Gasteiger partial charge in [0.1, 0.15) is 0 Å². The maximum atomic E-state index is 4.49. The van der Waals surface area contributed by atoms with Gasteiger partial charge in [-0.1, -0.05) is 20.3 Å². The number of nitrogens with one attached hydrogen (secondary N) is 1. The van der Waals surface area contributed by atoms with Gasteiger partial charge in [0.15, 0.2) is 0 Å². The van der Waals surface area contributed by atoms with E-state index in [1.807, 2.05) is 6.20 Å². The third-order valence-corrected chi connectivity index (χ3v) is 4.79. The second-order valence-electron chi connectivity index (χ2n) is 5.85. The zero-order valence-electron chi connectivity index (χ0n) is 11.6. The van der Waals surface area contributed by atoms with Gasteiger partial charge in [-0.25, -0.2) is 0 Å². The van der Waals surface area contributed by atoms with Crippen LogP contribution >= 0.6 is 0 Å². The molecule has 0 aliphatic heterocycles. The summed E-state index contributed by atoms with van der Waals surface area (Å²) >= 11 is 0. The molecular formula is C15H25N3. The minimum atomic E-state index is 0.541. The molecule has 0 radical (unpaired) electrons. The fraction of sp³-hybridized carbons (Fsp3) is 0.800. The number of aromatic nitrogens is 2. The molecule has 2 aliphatic rings. The molecule has 2 fully saturated rings. The van der Waals surface area contributed by atoms with E-state index in [1.165, 1.54) is 25.0 Å². The van der Waals surface area contributed by atoms with Gasteiger partial charge in [0, 0.05) is 12.7 Å². The number of aryl methyl sites for hydroxylation is 1. The molecule has 2 saturated carbocycles. The van der Waals surface area contributed by atoms with Crippen molar-refractivity contribution in [2.45, 2.75) is 52.1 Å². The van der Waals surface area contributed by atoms with Crippen molar-refractivity contribution in [3.05, 3.63) is 18.0 Å². The Morgan fingerprint density at radius 3 is 2.83 bits per heavy atom. The van der Waals surface area contributed by atoms with Gasteiger partial charge < -0.3 is 5.32 Å². The standard InChI is InChI=1S/C15H25N3/c1-3-10-18-13(8-9-17-18)15(16-4-2)14-11-6-5-7-12(11)14/h8-9,11-12,14-16H,3-7,10H2,1-2H3. The molecule has 3 heteroatoms. The highest BCUT2D eigenvalue weighted by atomic mass is 15.3. The third kappa shape index (κ3) is 1.99. The van der Waals surface area contributed by atoms with Crippen LogP contribution in [-0.4, -0.2) is 16.3 Å². The average Bonchev–Trinajstić information content (AvgIpc) is 2.77. The molecule has 0 amide bonds. The molecule has 0 aromatic carbocycles. The highest BCUT2D eigenvalue weighted by Crippen LogP contribution is 2.62. The number of hydrogen-bond donors (Lipinski definition) is 1. The lowest BCUT2D eigenvalue weighted by Gasteiger charge is -2.21.